The fourth-order valence-corrected chi connectivity index (χ4v) is 5.45. The maximum atomic E-state index is 13.1. The minimum Gasteiger partial charge on any atom is -0.378 e. The maximum Gasteiger partial charge on any atom is 0.436 e. The molecular formula is C28H36N10O3. The van der Waals surface area contributed by atoms with E-state index in [1.807, 2.05) is 13.0 Å². The minimum atomic E-state index is -0.575. The second-order valence-corrected chi connectivity index (χ2v) is 10.4. The van der Waals surface area contributed by atoms with Crippen molar-refractivity contribution in [2.24, 2.45) is 0 Å². The fraction of sp³-hybridized carbons (Fsp3) is 0.464. The molecule has 0 bridgehead atoms. The molecule has 2 aromatic heterocycles. The van der Waals surface area contributed by atoms with Crippen LogP contribution in [-0.4, -0.2) is 96.5 Å². The second-order valence-electron chi connectivity index (χ2n) is 10.4. The van der Waals surface area contributed by atoms with Gasteiger partial charge in [-0.05, 0) is 43.7 Å². The zero-order valence-electron chi connectivity index (χ0n) is 23.5. The molecule has 13 nitrogen and oxygen atoms in total. The van der Waals surface area contributed by atoms with Crippen LogP contribution in [-0.2, 0) is 16.0 Å². The molecule has 41 heavy (non-hydrogen) atoms. The first kappa shape index (κ1) is 27.0. The van der Waals surface area contributed by atoms with Crippen molar-refractivity contribution >= 4 is 35.2 Å². The smallest absolute Gasteiger partial charge is 0.378 e. The molecule has 6 rings (SSSR count). The predicted molar refractivity (Wildman–Crippen MR) is 157 cm³/mol. The Morgan fingerprint density at radius 2 is 1.78 bits per heavy atom. The third-order valence-corrected chi connectivity index (χ3v) is 7.84. The number of rotatable bonds is 6. The van der Waals surface area contributed by atoms with Gasteiger partial charge in [0.05, 0.1) is 25.5 Å². The quantitative estimate of drug-likeness (QED) is 0.458. The lowest BCUT2D eigenvalue weighted by atomic mass is 10.1. The molecule has 3 aromatic rings. The average molecular weight is 561 g/mol. The number of carbonyl (C=O) groups is 1. The summed E-state index contributed by atoms with van der Waals surface area (Å²) in [7, 11) is 0. The van der Waals surface area contributed by atoms with Crippen molar-refractivity contribution in [3.63, 3.8) is 0 Å². The molecule has 3 N–H and O–H groups in total. The molecule has 3 aliphatic rings. The topological polar surface area (TPSA) is 138 Å². The fourth-order valence-electron chi connectivity index (χ4n) is 5.45. The molecule has 0 unspecified atom stereocenters. The Morgan fingerprint density at radius 3 is 2.49 bits per heavy atom. The number of nitrogens with zero attached hydrogens (tertiary/aromatic N) is 8. The number of likely N-dealkylation sites (N-methyl/N-ethyl adjacent to an activating group) is 1. The van der Waals surface area contributed by atoms with Gasteiger partial charge in [-0.2, -0.15) is 10.0 Å². The SMILES string of the molecule is CCN1CCN(c2ccc(NC(=O)ON3CCc4c(-c5cnc(N)nc5)nc(N5CCOCC5)nc43)c(C)c2)CC1. The standard InChI is InChI=1S/C28H36N10O3/c1-3-35-8-10-36(11-9-35)21-4-5-23(19(2)16-21)32-28(39)41-38-7-6-22-24(20-17-30-26(29)31-18-20)33-27(34-25(22)38)37-12-14-40-15-13-37/h4-5,16-18H,3,6-15H2,1-2H3,(H,32,39)(H2,29,30,31). The summed E-state index contributed by atoms with van der Waals surface area (Å²) in [6.07, 6.45) is 3.33. The zero-order chi connectivity index (χ0) is 28.3. The van der Waals surface area contributed by atoms with Crippen molar-refractivity contribution in [2.45, 2.75) is 20.3 Å². The van der Waals surface area contributed by atoms with Gasteiger partial charge in [-0.1, -0.05) is 6.92 Å². The number of anilines is 5. The summed E-state index contributed by atoms with van der Waals surface area (Å²) in [5.74, 6) is 1.29. The number of hydrogen-bond donors (Lipinski definition) is 2. The van der Waals surface area contributed by atoms with Gasteiger partial charge in [0, 0.05) is 74.2 Å². The van der Waals surface area contributed by atoms with Gasteiger partial charge in [0.1, 0.15) is 0 Å². The number of piperazine rings is 1. The Hall–Kier alpha value is -4.23. The van der Waals surface area contributed by atoms with Gasteiger partial charge < -0.3 is 30.0 Å². The first-order chi connectivity index (χ1) is 20.0. The molecule has 0 atom stereocenters. The van der Waals surface area contributed by atoms with Crippen molar-refractivity contribution in [1.29, 1.82) is 0 Å². The summed E-state index contributed by atoms with van der Waals surface area (Å²) < 4.78 is 5.51. The molecule has 0 radical (unpaired) electrons. The first-order valence-electron chi connectivity index (χ1n) is 14.1. The van der Waals surface area contributed by atoms with Gasteiger partial charge in [-0.15, -0.1) is 0 Å². The number of hydroxylamine groups is 1. The summed E-state index contributed by atoms with van der Waals surface area (Å²) >= 11 is 0. The summed E-state index contributed by atoms with van der Waals surface area (Å²) in [6.45, 7) is 12.4. The summed E-state index contributed by atoms with van der Waals surface area (Å²) in [5, 5.41) is 4.45. The molecule has 2 fully saturated rings. The number of aryl methyl sites for hydroxylation is 1. The highest BCUT2D eigenvalue weighted by molar-refractivity contribution is 5.87. The Kier molecular flexibility index (Phi) is 7.70. The van der Waals surface area contributed by atoms with E-state index in [0.29, 0.717) is 62.4 Å². The highest BCUT2D eigenvalue weighted by Crippen LogP contribution is 2.36. The van der Waals surface area contributed by atoms with Crippen LogP contribution < -0.4 is 25.9 Å². The van der Waals surface area contributed by atoms with E-state index in [0.717, 1.165) is 55.1 Å². The van der Waals surface area contributed by atoms with Gasteiger partial charge in [0.15, 0.2) is 5.82 Å². The van der Waals surface area contributed by atoms with E-state index in [9.17, 15) is 4.79 Å². The number of ether oxygens (including phenoxy) is 1. The van der Waals surface area contributed by atoms with Crippen LogP contribution in [0, 0.1) is 6.92 Å². The van der Waals surface area contributed by atoms with E-state index < -0.39 is 6.09 Å². The molecule has 5 heterocycles. The van der Waals surface area contributed by atoms with Gasteiger partial charge in [0.25, 0.3) is 0 Å². The molecule has 216 valence electrons. The third-order valence-electron chi connectivity index (χ3n) is 7.84. The number of nitrogens with one attached hydrogen (secondary N) is 1. The molecular weight excluding hydrogens is 524 g/mol. The second kappa shape index (κ2) is 11.7. The van der Waals surface area contributed by atoms with Gasteiger partial charge >= 0.3 is 6.09 Å². The maximum absolute atomic E-state index is 13.1. The van der Waals surface area contributed by atoms with Crippen molar-refractivity contribution in [3.05, 3.63) is 41.7 Å². The highest BCUT2D eigenvalue weighted by atomic mass is 16.7. The van der Waals surface area contributed by atoms with Crippen molar-refractivity contribution in [2.75, 3.05) is 91.5 Å². The van der Waals surface area contributed by atoms with E-state index in [4.69, 9.17) is 25.3 Å². The van der Waals surface area contributed by atoms with Crippen LogP contribution in [0.4, 0.5) is 33.9 Å². The molecule has 1 amide bonds. The van der Waals surface area contributed by atoms with Crippen LogP contribution in [0.25, 0.3) is 11.3 Å². The van der Waals surface area contributed by atoms with Crippen LogP contribution in [0.1, 0.15) is 18.1 Å². The number of carbonyl (C=O) groups excluding carboxylic acids is 1. The van der Waals surface area contributed by atoms with Gasteiger partial charge in [0.2, 0.25) is 11.9 Å². The Morgan fingerprint density at radius 1 is 1.02 bits per heavy atom. The summed E-state index contributed by atoms with van der Waals surface area (Å²) in [5.41, 5.74) is 10.9. The number of benzene rings is 1. The van der Waals surface area contributed by atoms with E-state index in [1.165, 1.54) is 5.06 Å². The summed E-state index contributed by atoms with van der Waals surface area (Å²) in [4.78, 5) is 43.8. The minimum absolute atomic E-state index is 0.192. The lowest BCUT2D eigenvalue weighted by Gasteiger charge is -2.35. The monoisotopic (exact) mass is 560 g/mol. The Balaban J connectivity index is 1.19. The van der Waals surface area contributed by atoms with E-state index in [2.05, 4.69) is 49.0 Å². The number of aromatic nitrogens is 4. The number of amides is 1. The van der Waals surface area contributed by atoms with Crippen molar-refractivity contribution < 1.29 is 14.4 Å². The number of nitrogens with two attached hydrogens (primary N) is 1. The number of fused-ring (bicyclic) bond motifs is 1. The normalized spacial score (nSPS) is 17.5. The van der Waals surface area contributed by atoms with Crippen LogP contribution in [0.5, 0.6) is 0 Å². The molecule has 3 aliphatic heterocycles. The largest absolute Gasteiger partial charge is 0.436 e. The number of hydrogen-bond acceptors (Lipinski definition) is 12. The predicted octanol–water partition coefficient (Wildman–Crippen LogP) is 2.33. The lowest BCUT2D eigenvalue weighted by molar-refractivity contribution is 0.122. The number of morpholine rings is 1. The molecule has 2 saturated heterocycles. The van der Waals surface area contributed by atoms with Crippen molar-refractivity contribution in [1.82, 2.24) is 24.8 Å². The van der Waals surface area contributed by atoms with E-state index in [1.54, 1.807) is 12.4 Å². The molecule has 1 aromatic carbocycles. The lowest BCUT2D eigenvalue weighted by Crippen LogP contribution is -2.46. The molecule has 0 aliphatic carbocycles. The van der Waals surface area contributed by atoms with E-state index >= 15 is 0 Å². The summed E-state index contributed by atoms with van der Waals surface area (Å²) in [6, 6.07) is 6.11. The van der Waals surface area contributed by atoms with Crippen LogP contribution in [0.15, 0.2) is 30.6 Å². The van der Waals surface area contributed by atoms with E-state index in [-0.39, 0.29) is 5.95 Å². The van der Waals surface area contributed by atoms with Gasteiger partial charge in [-0.25, -0.2) is 19.7 Å². The van der Waals surface area contributed by atoms with Crippen LogP contribution in [0.3, 0.4) is 0 Å². The Labute approximate surface area is 239 Å². The van der Waals surface area contributed by atoms with Crippen LogP contribution >= 0.6 is 0 Å². The molecule has 0 spiro atoms. The average Bonchev–Trinajstić information content (AvgIpc) is 3.41. The molecule has 13 heteroatoms. The number of nitrogen functional groups attached to an aromatic ring is 1. The molecule has 0 saturated carbocycles. The highest BCUT2D eigenvalue weighted by Gasteiger charge is 2.31. The van der Waals surface area contributed by atoms with Crippen LogP contribution in [0.2, 0.25) is 0 Å². The van der Waals surface area contributed by atoms with Crippen molar-refractivity contribution in [3.8, 4) is 11.3 Å². The zero-order valence-corrected chi connectivity index (χ0v) is 23.5. The first-order valence-corrected chi connectivity index (χ1v) is 14.1. The third kappa shape index (κ3) is 5.81. The van der Waals surface area contributed by atoms with Gasteiger partial charge in [-0.3, -0.25) is 5.32 Å². The Bertz CT molecular complexity index is 1390.